The lowest BCUT2D eigenvalue weighted by atomic mass is 10.1. The van der Waals surface area contributed by atoms with Crippen LogP contribution < -0.4 is 11.1 Å². The summed E-state index contributed by atoms with van der Waals surface area (Å²) in [7, 11) is 0. The first-order chi connectivity index (χ1) is 6.77. The van der Waals surface area contributed by atoms with Gasteiger partial charge in [-0.2, -0.15) is 0 Å². The zero-order valence-corrected chi connectivity index (χ0v) is 7.69. The summed E-state index contributed by atoms with van der Waals surface area (Å²) in [5, 5.41) is 2.63. The van der Waals surface area contributed by atoms with Crippen LogP contribution in [0.4, 0.5) is 0 Å². The number of hydrogen-bond donors (Lipinski definition) is 2. The van der Waals surface area contributed by atoms with Gasteiger partial charge in [0.1, 0.15) is 6.29 Å². The second-order valence-electron chi connectivity index (χ2n) is 2.78. The summed E-state index contributed by atoms with van der Waals surface area (Å²) in [5.74, 6) is -0.173. The van der Waals surface area contributed by atoms with E-state index in [2.05, 4.69) is 5.32 Å². The van der Waals surface area contributed by atoms with E-state index in [9.17, 15) is 9.59 Å². The minimum atomic E-state index is -0.173. The van der Waals surface area contributed by atoms with Crippen molar-refractivity contribution in [3.05, 3.63) is 35.4 Å². The highest BCUT2D eigenvalue weighted by Crippen LogP contribution is 2.01. The molecule has 0 saturated carbocycles. The first kappa shape index (κ1) is 10.4. The van der Waals surface area contributed by atoms with E-state index < -0.39 is 0 Å². The molecule has 14 heavy (non-hydrogen) atoms. The van der Waals surface area contributed by atoms with Crippen LogP contribution in [0.5, 0.6) is 0 Å². The third-order valence-corrected chi connectivity index (χ3v) is 1.74. The van der Waals surface area contributed by atoms with Crippen molar-refractivity contribution < 1.29 is 9.59 Å². The van der Waals surface area contributed by atoms with Crippen molar-refractivity contribution >= 4 is 12.2 Å². The highest BCUT2D eigenvalue weighted by Gasteiger charge is 2.02. The lowest BCUT2D eigenvalue weighted by Crippen LogP contribution is -2.28. The fourth-order valence-electron chi connectivity index (χ4n) is 1.00. The number of amides is 1. The first-order valence-electron chi connectivity index (χ1n) is 4.31. The van der Waals surface area contributed by atoms with Crippen LogP contribution >= 0.6 is 0 Å². The van der Waals surface area contributed by atoms with Crippen LogP contribution in [-0.2, 0) is 0 Å². The Morgan fingerprint density at radius 2 is 2.00 bits per heavy atom. The topological polar surface area (TPSA) is 72.2 Å². The molecule has 0 heterocycles. The normalized spacial score (nSPS) is 9.50. The van der Waals surface area contributed by atoms with E-state index in [0.29, 0.717) is 24.2 Å². The van der Waals surface area contributed by atoms with Crippen molar-refractivity contribution in [3.63, 3.8) is 0 Å². The summed E-state index contributed by atoms with van der Waals surface area (Å²) >= 11 is 0. The zero-order valence-electron chi connectivity index (χ0n) is 7.69. The van der Waals surface area contributed by atoms with Gasteiger partial charge < -0.3 is 11.1 Å². The zero-order chi connectivity index (χ0) is 10.4. The highest BCUT2D eigenvalue weighted by molar-refractivity contribution is 5.94. The summed E-state index contributed by atoms with van der Waals surface area (Å²) in [5.41, 5.74) is 6.33. The Labute approximate surface area is 82.1 Å². The smallest absolute Gasteiger partial charge is 0.251 e. The molecule has 3 N–H and O–H groups in total. The van der Waals surface area contributed by atoms with Crippen LogP contribution in [-0.4, -0.2) is 25.3 Å². The van der Waals surface area contributed by atoms with Gasteiger partial charge in [0.25, 0.3) is 5.91 Å². The molecule has 0 saturated heterocycles. The molecular formula is C10H12N2O2. The molecule has 0 atom stereocenters. The summed E-state index contributed by atoms with van der Waals surface area (Å²) in [6, 6.07) is 6.42. The van der Waals surface area contributed by atoms with Crippen LogP contribution in [0.25, 0.3) is 0 Å². The van der Waals surface area contributed by atoms with E-state index in [1.807, 2.05) is 0 Å². The molecule has 0 aromatic heterocycles. The third kappa shape index (κ3) is 2.67. The Bertz CT molecular complexity index is 319. The van der Waals surface area contributed by atoms with Gasteiger partial charge in [-0.1, -0.05) is 12.1 Å². The monoisotopic (exact) mass is 192 g/mol. The predicted octanol–water partition coefficient (Wildman–Crippen LogP) is 0.188. The Morgan fingerprint density at radius 1 is 1.36 bits per heavy atom. The van der Waals surface area contributed by atoms with Crippen LogP contribution in [0.3, 0.4) is 0 Å². The molecule has 4 heteroatoms. The Hall–Kier alpha value is -1.68. The third-order valence-electron chi connectivity index (χ3n) is 1.74. The summed E-state index contributed by atoms with van der Waals surface area (Å²) in [4.78, 5) is 21.7. The number of hydrogen-bond acceptors (Lipinski definition) is 3. The van der Waals surface area contributed by atoms with Gasteiger partial charge in [0, 0.05) is 24.2 Å². The number of rotatable bonds is 4. The van der Waals surface area contributed by atoms with Gasteiger partial charge in [-0.25, -0.2) is 0 Å². The van der Waals surface area contributed by atoms with E-state index >= 15 is 0 Å². The largest absolute Gasteiger partial charge is 0.351 e. The number of nitrogens with two attached hydrogens (primary N) is 1. The van der Waals surface area contributed by atoms with Gasteiger partial charge >= 0.3 is 0 Å². The van der Waals surface area contributed by atoms with Gasteiger partial charge in [0.05, 0.1) is 0 Å². The van der Waals surface area contributed by atoms with Crippen molar-refractivity contribution in [2.24, 2.45) is 5.73 Å². The fraction of sp³-hybridized carbons (Fsp3) is 0.200. The van der Waals surface area contributed by atoms with Gasteiger partial charge in [-0.15, -0.1) is 0 Å². The molecule has 1 amide bonds. The van der Waals surface area contributed by atoms with Gasteiger partial charge in [0.2, 0.25) is 0 Å². The number of nitrogens with one attached hydrogen (secondary N) is 1. The average molecular weight is 192 g/mol. The van der Waals surface area contributed by atoms with Crippen molar-refractivity contribution in [3.8, 4) is 0 Å². The molecule has 4 nitrogen and oxygen atoms in total. The summed E-state index contributed by atoms with van der Waals surface area (Å²) in [6.45, 7) is 0.867. The standard InChI is InChI=1S/C10H12N2O2/c11-5-6-12-10(14)9-3-1-8(7-13)2-4-9/h1-4,7H,5-6,11H2,(H,12,14). The number of carbonyl (C=O) groups excluding carboxylic acids is 2. The van der Waals surface area contributed by atoms with Crippen molar-refractivity contribution in [1.29, 1.82) is 0 Å². The molecule has 0 aliphatic heterocycles. The lowest BCUT2D eigenvalue weighted by Gasteiger charge is -2.02. The quantitative estimate of drug-likeness (QED) is 0.669. The molecule has 0 bridgehead atoms. The van der Waals surface area contributed by atoms with Crippen molar-refractivity contribution in [1.82, 2.24) is 5.32 Å². The van der Waals surface area contributed by atoms with Gasteiger partial charge in [-0.05, 0) is 12.1 Å². The minimum absolute atomic E-state index is 0.173. The average Bonchev–Trinajstić information content (AvgIpc) is 2.26. The molecule has 0 fully saturated rings. The van der Waals surface area contributed by atoms with E-state index in [0.717, 1.165) is 6.29 Å². The molecule has 1 aromatic carbocycles. The molecule has 0 unspecified atom stereocenters. The van der Waals surface area contributed by atoms with Crippen LogP contribution in [0, 0.1) is 0 Å². The van der Waals surface area contributed by atoms with Crippen molar-refractivity contribution in [2.45, 2.75) is 0 Å². The molecule has 74 valence electrons. The molecule has 1 rings (SSSR count). The summed E-state index contributed by atoms with van der Waals surface area (Å²) in [6.07, 6.45) is 0.738. The van der Waals surface area contributed by atoms with Crippen LogP contribution in [0.2, 0.25) is 0 Å². The maximum Gasteiger partial charge on any atom is 0.251 e. The molecule has 1 aromatic rings. The Morgan fingerprint density at radius 3 is 2.50 bits per heavy atom. The second kappa shape index (κ2) is 5.14. The van der Waals surface area contributed by atoms with Gasteiger partial charge in [0.15, 0.2) is 0 Å². The maximum atomic E-state index is 11.3. The lowest BCUT2D eigenvalue weighted by molar-refractivity contribution is 0.0954. The number of carbonyl (C=O) groups is 2. The molecule has 0 radical (unpaired) electrons. The summed E-state index contributed by atoms with van der Waals surface area (Å²) < 4.78 is 0. The Kier molecular flexibility index (Phi) is 3.82. The van der Waals surface area contributed by atoms with Crippen molar-refractivity contribution in [2.75, 3.05) is 13.1 Å². The van der Waals surface area contributed by atoms with E-state index in [1.165, 1.54) is 0 Å². The van der Waals surface area contributed by atoms with E-state index in [4.69, 9.17) is 5.73 Å². The maximum absolute atomic E-state index is 11.3. The second-order valence-corrected chi connectivity index (χ2v) is 2.78. The van der Waals surface area contributed by atoms with Crippen LogP contribution in [0.15, 0.2) is 24.3 Å². The first-order valence-corrected chi connectivity index (χ1v) is 4.31. The molecule has 0 aliphatic rings. The minimum Gasteiger partial charge on any atom is -0.351 e. The highest BCUT2D eigenvalue weighted by atomic mass is 16.1. The van der Waals surface area contributed by atoms with Gasteiger partial charge in [-0.3, -0.25) is 9.59 Å². The fourth-order valence-corrected chi connectivity index (χ4v) is 1.00. The number of aldehydes is 1. The Balaban J connectivity index is 2.66. The number of benzene rings is 1. The molecule has 0 aliphatic carbocycles. The van der Waals surface area contributed by atoms with Crippen LogP contribution in [0.1, 0.15) is 20.7 Å². The van der Waals surface area contributed by atoms with E-state index in [1.54, 1.807) is 24.3 Å². The van der Waals surface area contributed by atoms with E-state index in [-0.39, 0.29) is 5.91 Å². The molecular weight excluding hydrogens is 180 g/mol. The predicted molar refractivity (Wildman–Crippen MR) is 53.2 cm³/mol. The SMILES string of the molecule is NCCNC(=O)c1ccc(C=O)cc1. The molecule has 0 spiro atoms.